The highest BCUT2D eigenvalue weighted by Gasteiger charge is 1.92. The van der Waals surface area contributed by atoms with Crippen LogP contribution in [0.4, 0.5) is 0 Å². The van der Waals surface area contributed by atoms with E-state index in [2.05, 4.69) is 6.92 Å². The van der Waals surface area contributed by atoms with E-state index in [4.69, 9.17) is 10.6 Å². The molecular formula is C12H22O2. The summed E-state index contributed by atoms with van der Waals surface area (Å²) < 4.78 is 29.4. The third-order valence-corrected chi connectivity index (χ3v) is 1.81. The molecule has 0 spiro atoms. The van der Waals surface area contributed by atoms with Gasteiger partial charge in [-0.1, -0.05) is 38.3 Å². The highest BCUT2D eigenvalue weighted by Crippen LogP contribution is 2.04. The number of unbranched alkanes of at least 4 members (excludes halogenated alkanes) is 4. The summed E-state index contributed by atoms with van der Waals surface area (Å²) in [6.07, 6.45) is 3.17. The maximum absolute atomic E-state index is 10.6. The molecule has 0 aliphatic heterocycles. The molecule has 0 aliphatic rings. The predicted molar refractivity (Wildman–Crippen MR) is 59.4 cm³/mol. The molecule has 0 rings (SSSR count). The molecule has 2 heteroatoms. The van der Waals surface area contributed by atoms with Crippen LogP contribution in [0, 0.1) is 0 Å². The van der Waals surface area contributed by atoms with Crippen LogP contribution in [0.3, 0.4) is 0 Å². The van der Waals surface area contributed by atoms with Crippen molar-refractivity contribution < 1.29 is 15.4 Å². The average molecular weight is 202 g/mol. The third kappa shape index (κ3) is 11.2. The molecule has 1 N–H and O–H groups in total. The number of carboxylic acids is 1. The Morgan fingerprint density at radius 3 is 2.64 bits per heavy atom. The largest absolute Gasteiger partial charge is 0.481 e. The number of allylic oxidation sites excluding steroid dienone is 2. The fourth-order valence-electron chi connectivity index (χ4n) is 1.08. The first-order valence-electron chi connectivity index (χ1n) is 7.14. The molecule has 0 radical (unpaired) electrons. The summed E-state index contributed by atoms with van der Waals surface area (Å²) in [6.45, 7) is 2.12. The van der Waals surface area contributed by atoms with E-state index in [0.717, 1.165) is 25.7 Å². The van der Waals surface area contributed by atoms with Gasteiger partial charge in [0.25, 0.3) is 0 Å². The molecule has 0 atom stereocenters. The molecule has 82 valence electrons. The van der Waals surface area contributed by atoms with E-state index >= 15 is 0 Å². The summed E-state index contributed by atoms with van der Waals surface area (Å²) in [5, 5.41) is 8.64. The van der Waals surface area contributed by atoms with Crippen molar-refractivity contribution in [2.45, 2.75) is 58.2 Å². The van der Waals surface area contributed by atoms with Gasteiger partial charge in [0.05, 0.1) is 0 Å². The second-order valence-electron chi connectivity index (χ2n) is 3.13. The van der Waals surface area contributed by atoms with Gasteiger partial charge in [0.2, 0.25) is 0 Å². The van der Waals surface area contributed by atoms with Crippen LogP contribution in [0.1, 0.15) is 63.7 Å². The van der Waals surface area contributed by atoms with Crippen LogP contribution >= 0.6 is 0 Å². The smallest absolute Gasteiger partial charge is 0.303 e. The Kier molecular flexibility index (Phi) is 5.51. The Labute approximate surface area is 92.6 Å². The number of hydrogen-bond donors (Lipinski definition) is 1. The van der Waals surface area contributed by atoms with E-state index in [1.54, 1.807) is 6.08 Å². The maximum Gasteiger partial charge on any atom is 0.303 e. The van der Waals surface area contributed by atoms with Crippen molar-refractivity contribution in [3.63, 3.8) is 0 Å². The van der Waals surface area contributed by atoms with Crippen molar-refractivity contribution in [2.24, 2.45) is 0 Å². The van der Waals surface area contributed by atoms with E-state index in [-0.39, 0.29) is 6.42 Å². The molecule has 0 fully saturated rings. The first-order valence-corrected chi connectivity index (χ1v) is 5.14. The van der Waals surface area contributed by atoms with Crippen LogP contribution in [0.25, 0.3) is 0 Å². The lowest BCUT2D eigenvalue weighted by atomic mass is 10.1. The van der Waals surface area contributed by atoms with Gasteiger partial charge in [-0.2, -0.15) is 0 Å². The summed E-state index contributed by atoms with van der Waals surface area (Å²) >= 11 is 0. The molecule has 14 heavy (non-hydrogen) atoms. The highest BCUT2D eigenvalue weighted by atomic mass is 16.4. The van der Waals surface area contributed by atoms with Crippen LogP contribution < -0.4 is 0 Å². The molecule has 0 saturated heterocycles. The number of aliphatic carboxylic acids is 1. The molecule has 0 aliphatic carbocycles. The van der Waals surface area contributed by atoms with Crippen LogP contribution in [0.15, 0.2) is 12.2 Å². The molecule has 0 unspecified atom stereocenters. The lowest BCUT2D eigenvalue weighted by molar-refractivity contribution is -0.137. The predicted octanol–water partition coefficient (Wildman–Crippen LogP) is 3.77. The number of carboxylic acid groups (broad SMARTS) is 1. The van der Waals surface area contributed by atoms with Gasteiger partial charge in [0.15, 0.2) is 0 Å². The monoisotopic (exact) mass is 202 g/mol. The van der Waals surface area contributed by atoms with E-state index in [1.807, 2.05) is 0 Å². The Morgan fingerprint density at radius 2 is 2.00 bits per heavy atom. The van der Waals surface area contributed by atoms with Crippen LogP contribution in [-0.4, -0.2) is 11.1 Å². The normalized spacial score (nSPS) is 17.2. The summed E-state index contributed by atoms with van der Waals surface area (Å²) in [7, 11) is 0. The zero-order chi connectivity index (χ0) is 14.2. The topological polar surface area (TPSA) is 37.3 Å². The Balaban J connectivity index is 4.11. The van der Waals surface area contributed by atoms with Crippen molar-refractivity contribution >= 4 is 5.97 Å². The first kappa shape index (κ1) is 7.49. The highest BCUT2D eigenvalue weighted by molar-refractivity contribution is 5.66. The van der Waals surface area contributed by atoms with Crippen LogP contribution in [-0.2, 0) is 4.79 Å². The van der Waals surface area contributed by atoms with Gasteiger partial charge in [-0.15, -0.1) is 0 Å². The molecule has 0 aromatic heterocycles. The van der Waals surface area contributed by atoms with E-state index in [1.165, 1.54) is 12.5 Å². The Morgan fingerprint density at radius 1 is 1.29 bits per heavy atom. The SMILES string of the molecule is [2H]C([2H])(C/C=C/CCCCCC)C([2H])([2H])C(=O)O. The Bertz CT molecular complexity index is 288. The minimum atomic E-state index is -2.86. The minimum Gasteiger partial charge on any atom is -0.481 e. The average Bonchev–Trinajstić information content (AvgIpc) is 2.27. The molecule has 0 heterocycles. The molecule has 0 aromatic rings. The van der Waals surface area contributed by atoms with Crippen LogP contribution in [0.2, 0.25) is 0 Å². The molecule has 0 amide bonds. The van der Waals surface area contributed by atoms with Gasteiger partial charge in [-0.3, -0.25) is 4.79 Å². The second kappa shape index (κ2) is 10.3. The van der Waals surface area contributed by atoms with Crippen molar-refractivity contribution in [3.05, 3.63) is 12.2 Å². The van der Waals surface area contributed by atoms with Gasteiger partial charge in [-0.25, -0.2) is 0 Å². The summed E-state index contributed by atoms with van der Waals surface area (Å²) in [4.78, 5) is 10.6. The summed E-state index contributed by atoms with van der Waals surface area (Å²) in [5.74, 6) is -1.76. The van der Waals surface area contributed by atoms with E-state index in [9.17, 15) is 4.79 Å². The summed E-state index contributed by atoms with van der Waals surface area (Å²) in [5.41, 5.74) is 0. The van der Waals surface area contributed by atoms with Crippen molar-refractivity contribution in [3.8, 4) is 0 Å². The fourth-order valence-corrected chi connectivity index (χ4v) is 1.08. The van der Waals surface area contributed by atoms with Gasteiger partial charge in [-0.05, 0) is 25.6 Å². The molecule has 2 nitrogen and oxygen atoms in total. The fraction of sp³-hybridized carbons (Fsp3) is 0.750. The first-order chi connectivity index (χ1) is 8.25. The maximum atomic E-state index is 10.6. The summed E-state index contributed by atoms with van der Waals surface area (Å²) in [6, 6.07) is 0. The lowest BCUT2D eigenvalue weighted by Crippen LogP contribution is -1.92. The van der Waals surface area contributed by atoms with Gasteiger partial charge in [0.1, 0.15) is 0 Å². The zero-order valence-electron chi connectivity index (χ0n) is 12.8. The lowest BCUT2D eigenvalue weighted by Gasteiger charge is -1.94. The second-order valence-corrected chi connectivity index (χ2v) is 3.13. The molecule has 0 saturated carbocycles. The molecule has 0 bridgehead atoms. The van der Waals surface area contributed by atoms with E-state index in [0.29, 0.717) is 0 Å². The molecule has 0 aromatic carbocycles. The quantitative estimate of drug-likeness (QED) is 0.456. The van der Waals surface area contributed by atoms with Gasteiger partial charge >= 0.3 is 5.97 Å². The minimum absolute atomic E-state index is 0.222. The van der Waals surface area contributed by atoms with Crippen LogP contribution in [0.5, 0.6) is 0 Å². The number of rotatable bonds is 9. The molecular weight excluding hydrogens is 176 g/mol. The van der Waals surface area contributed by atoms with Crippen molar-refractivity contribution in [1.82, 2.24) is 0 Å². The number of carbonyl (C=O) groups is 1. The van der Waals surface area contributed by atoms with Gasteiger partial charge in [0, 0.05) is 11.9 Å². The van der Waals surface area contributed by atoms with Crippen molar-refractivity contribution in [2.75, 3.05) is 0 Å². The number of hydrogen-bond acceptors (Lipinski definition) is 1. The zero-order valence-corrected chi connectivity index (χ0v) is 8.75. The van der Waals surface area contributed by atoms with E-state index < -0.39 is 18.7 Å². The van der Waals surface area contributed by atoms with Crippen molar-refractivity contribution in [1.29, 1.82) is 0 Å². The third-order valence-electron chi connectivity index (χ3n) is 1.81. The Hall–Kier alpha value is -0.790. The van der Waals surface area contributed by atoms with Gasteiger partial charge < -0.3 is 5.11 Å². The standard InChI is InChI=1S/C12H22O2/c1-2-3-4-5-6-7-8-9-10-11-12(13)14/h7-8H,2-6,9-11H2,1H3,(H,13,14)/b8-7+/i10D2,11D2.